The molecule has 0 amide bonds. The second-order valence-electron chi connectivity index (χ2n) is 2.34. The van der Waals surface area contributed by atoms with E-state index in [0.29, 0.717) is 0 Å². The molecule has 0 nitrogen and oxygen atoms in total. The van der Waals surface area contributed by atoms with E-state index in [1.54, 1.807) is 0 Å². The first-order valence-corrected chi connectivity index (χ1v) is 9.70. The van der Waals surface area contributed by atoms with Crippen molar-refractivity contribution in [2.45, 2.75) is 0 Å². The van der Waals surface area contributed by atoms with Gasteiger partial charge in [-0.2, -0.15) is 0 Å². The molecule has 0 saturated heterocycles. The molecule has 0 bridgehead atoms. The summed E-state index contributed by atoms with van der Waals surface area (Å²) in [5.41, 5.74) is 0. The largest absolute Gasteiger partial charge is 0.376 e. The zero-order chi connectivity index (χ0) is 11.1. The number of halogens is 7. The van der Waals surface area contributed by atoms with Gasteiger partial charge in [0.25, 0.3) is 0 Å². The van der Waals surface area contributed by atoms with Gasteiger partial charge in [0.2, 0.25) is 0 Å². The molecule has 8 heteroatoms. The van der Waals surface area contributed by atoms with Crippen LogP contribution in [0.25, 0.3) is 0 Å². The van der Waals surface area contributed by atoms with Crippen LogP contribution in [0.4, 0.5) is 0 Å². The first-order chi connectivity index (χ1) is 6.25. The van der Waals surface area contributed by atoms with Crippen LogP contribution in [0.15, 0.2) is 6.07 Å². The maximum absolute atomic E-state index is 5.86. The lowest BCUT2D eigenvalue weighted by Crippen LogP contribution is -2.32. The summed E-state index contributed by atoms with van der Waals surface area (Å²) in [6, 6.07) is -1.80. The van der Waals surface area contributed by atoms with Crippen LogP contribution in [0.1, 0.15) is 0 Å². The molecule has 1 rings (SSSR count). The lowest BCUT2D eigenvalue weighted by Gasteiger charge is -2.14. The lowest BCUT2D eigenvalue weighted by atomic mass is 10.3. The number of hydrogen-bond acceptors (Lipinski definition) is 0. The molecule has 0 fully saturated rings. The summed E-state index contributed by atoms with van der Waals surface area (Å²) in [6.45, 7) is 0. The summed E-state index contributed by atoms with van der Waals surface area (Å²) in [6.07, 6.45) is 0. The highest BCUT2D eigenvalue weighted by atomic mass is 35.8. The predicted molar refractivity (Wildman–Crippen MR) is 69.4 cm³/mol. The van der Waals surface area contributed by atoms with Crippen molar-refractivity contribution >= 4 is 90.8 Å². The Hall–Kier alpha value is 1.47. The van der Waals surface area contributed by atoms with Gasteiger partial charge in [-0.25, -0.2) is 0 Å². The Labute approximate surface area is 116 Å². The van der Waals surface area contributed by atoms with Crippen molar-refractivity contribution in [1.29, 1.82) is 0 Å². The van der Waals surface area contributed by atoms with Crippen LogP contribution in [-0.4, -0.2) is 6.00 Å². The molecule has 0 spiro atoms. The fourth-order valence-corrected chi connectivity index (χ4v) is 5.98. The molecule has 78 valence electrons. The third-order valence-electron chi connectivity index (χ3n) is 1.40. The summed E-state index contributed by atoms with van der Waals surface area (Å²) in [4.78, 5) is 0. The van der Waals surface area contributed by atoms with Crippen molar-refractivity contribution in [3.05, 3.63) is 26.2 Å². The lowest BCUT2D eigenvalue weighted by molar-refractivity contribution is 1.75. The van der Waals surface area contributed by atoms with Crippen molar-refractivity contribution < 1.29 is 0 Å². The molecule has 0 saturated carbocycles. The highest BCUT2D eigenvalue weighted by molar-refractivity contribution is 7.69. The van der Waals surface area contributed by atoms with Crippen molar-refractivity contribution in [2.75, 3.05) is 0 Å². The minimum absolute atomic E-state index is 0.146. The molecule has 0 aliphatic rings. The molecule has 0 N–H and O–H groups in total. The van der Waals surface area contributed by atoms with Gasteiger partial charge in [0.05, 0.1) is 20.1 Å². The van der Waals surface area contributed by atoms with Crippen LogP contribution >= 0.6 is 79.6 Å². The SMILES string of the molecule is Clc1cc(Cl)c(Cl)c([Si](Cl)(Cl)Cl)c1Cl. The Kier molecular flexibility index (Phi) is 4.60. The molecule has 0 heterocycles. The van der Waals surface area contributed by atoms with E-state index in [2.05, 4.69) is 0 Å². The second-order valence-corrected chi connectivity index (χ2v) is 12.3. The van der Waals surface area contributed by atoms with E-state index in [1.165, 1.54) is 6.07 Å². The van der Waals surface area contributed by atoms with Crippen LogP contribution in [0.3, 0.4) is 0 Å². The van der Waals surface area contributed by atoms with E-state index in [4.69, 9.17) is 79.6 Å². The summed E-state index contributed by atoms with van der Waals surface area (Å²) < 4.78 is 0. The van der Waals surface area contributed by atoms with Crippen molar-refractivity contribution in [3.63, 3.8) is 0 Å². The van der Waals surface area contributed by atoms with Gasteiger partial charge in [-0.05, 0) is 6.07 Å². The fourth-order valence-electron chi connectivity index (χ4n) is 0.822. The van der Waals surface area contributed by atoms with E-state index in [0.717, 1.165) is 0 Å². The van der Waals surface area contributed by atoms with E-state index in [1.807, 2.05) is 0 Å². The Balaban J connectivity index is 3.56. The minimum Gasteiger partial charge on any atom is -0.121 e. The molecule has 0 radical (unpaired) electrons. The molecule has 0 aromatic heterocycles. The maximum atomic E-state index is 5.86. The zero-order valence-electron chi connectivity index (χ0n) is 6.22. The number of hydrogen-bond donors (Lipinski definition) is 0. The van der Waals surface area contributed by atoms with Gasteiger partial charge in [-0.15, -0.1) is 33.2 Å². The molecule has 1 aromatic carbocycles. The first-order valence-electron chi connectivity index (χ1n) is 3.15. The topological polar surface area (TPSA) is 0 Å². The fraction of sp³-hybridized carbons (Fsp3) is 0. The average Bonchev–Trinajstić information content (AvgIpc) is 1.98. The van der Waals surface area contributed by atoms with Gasteiger partial charge < -0.3 is 0 Å². The van der Waals surface area contributed by atoms with Gasteiger partial charge in [0, 0.05) is 5.19 Å². The van der Waals surface area contributed by atoms with Crippen LogP contribution in [-0.2, 0) is 0 Å². The molecular weight excluding hydrogens is 348 g/mol. The summed E-state index contributed by atoms with van der Waals surface area (Å²) in [7, 11) is 0. The van der Waals surface area contributed by atoms with Crippen molar-refractivity contribution in [3.8, 4) is 0 Å². The monoisotopic (exact) mass is 346 g/mol. The van der Waals surface area contributed by atoms with Gasteiger partial charge in [0.1, 0.15) is 0 Å². The van der Waals surface area contributed by atoms with E-state index < -0.39 is 6.00 Å². The van der Waals surface area contributed by atoms with E-state index in [9.17, 15) is 0 Å². The summed E-state index contributed by atoms with van der Waals surface area (Å²) in [5.74, 6) is 0. The second kappa shape index (κ2) is 4.76. The third-order valence-corrected chi connectivity index (χ3v) is 6.05. The number of rotatable bonds is 1. The third kappa shape index (κ3) is 2.77. The standard InChI is InChI=1S/C6HCl7Si/c7-2-1-3(8)5(10)6(4(2)9)14(11,12)13/h1H. The van der Waals surface area contributed by atoms with Gasteiger partial charge >= 0.3 is 6.00 Å². The Bertz CT molecular complexity index is 343. The van der Waals surface area contributed by atoms with Crippen LogP contribution in [0.2, 0.25) is 20.1 Å². The Morgan fingerprint density at radius 3 is 1.43 bits per heavy atom. The Morgan fingerprint density at radius 1 is 0.786 bits per heavy atom. The molecule has 0 unspecified atom stereocenters. The predicted octanol–water partition coefficient (Wildman–Crippen LogP) is 5.16. The zero-order valence-corrected chi connectivity index (χ0v) is 12.5. The molecule has 0 atom stereocenters. The summed E-state index contributed by atoms with van der Waals surface area (Å²) >= 11 is 40.6. The molecule has 1 aromatic rings. The number of benzene rings is 1. The minimum atomic E-state index is -3.20. The normalized spacial score (nSPS) is 11.9. The Morgan fingerprint density at radius 2 is 1.14 bits per heavy atom. The van der Waals surface area contributed by atoms with Crippen molar-refractivity contribution in [1.82, 2.24) is 0 Å². The van der Waals surface area contributed by atoms with Gasteiger partial charge in [-0.1, -0.05) is 46.4 Å². The van der Waals surface area contributed by atoms with Gasteiger partial charge in [-0.3, -0.25) is 0 Å². The molecule has 0 aliphatic carbocycles. The molecule has 0 aliphatic heterocycles. The first kappa shape index (κ1) is 13.5. The van der Waals surface area contributed by atoms with Crippen LogP contribution in [0, 0.1) is 0 Å². The summed E-state index contributed by atoms with van der Waals surface area (Å²) in [5, 5.41) is 0.952. The van der Waals surface area contributed by atoms with Crippen molar-refractivity contribution in [2.24, 2.45) is 0 Å². The van der Waals surface area contributed by atoms with Gasteiger partial charge in [0.15, 0.2) is 0 Å². The quantitative estimate of drug-likeness (QED) is 0.373. The average molecular weight is 349 g/mol. The van der Waals surface area contributed by atoms with E-state index >= 15 is 0 Å². The highest BCUT2D eigenvalue weighted by Crippen LogP contribution is 2.35. The molecule has 14 heavy (non-hydrogen) atoms. The van der Waals surface area contributed by atoms with Crippen LogP contribution < -0.4 is 5.19 Å². The smallest absolute Gasteiger partial charge is 0.121 e. The van der Waals surface area contributed by atoms with Crippen LogP contribution in [0.5, 0.6) is 0 Å². The highest BCUT2D eigenvalue weighted by Gasteiger charge is 2.35. The molecular formula is C6HCl7Si. The maximum Gasteiger partial charge on any atom is 0.376 e. The van der Waals surface area contributed by atoms with E-state index in [-0.39, 0.29) is 25.3 Å².